The van der Waals surface area contributed by atoms with Crippen LogP contribution in [0.4, 0.5) is 0 Å². The highest BCUT2D eigenvalue weighted by molar-refractivity contribution is 7.89. The number of aliphatic carboxylic acids is 1. The molecule has 0 spiro atoms. The smallest absolute Gasteiger partial charge is 0.311 e. The Morgan fingerprint density at radius 1 is 0.930 bits per heavy atom. The minimum absolute atomic E-state index is 0.0408. The molecule has 3 aromatic carbocycles. The van der Waals surface area contributed by atoms with Crippen molar-refractivity contribution in [3.05, 3.63) is 107 Å². The second-order valence-electron chi connectivity index (χ2n) is 10.8. The van der Waals surface area contributed by atoms with Crippen molar-refractivity contribution in [2.45, 2.75) is 45.1 Å². The molecule has 0 amide bonds. The Kier molecular flexibility index (Phi) is 12.2. The third kappa shape index (κ3) is 10.4. The van der Waals surface area contributed by atoms with Gasteiger partial charge < -0.3 is 20.5 Å². The number of nitrogens with one attached hydrogen (secondary N) is 1. The van der Waals surface area contributed by atoms with E-state index in [9.17, 15) is 32.6 Å². The molecule has 0 aliphatic rings. The number of nitrogens with two attached hydrogens (primary N) is 1. The molecule has 232 valence electrons. The van der Waals surface area contributed by atoms with E-state index in [1.54, 1.807) is 86.6 Å². The molecule has 0 bridgehead atoms. The predicted octanol–water partition coefficient (Wildman–Crippen LogP) is 4.09. The van der Waals surface area contributed by atoms with Gasteiger partial charge in [0.1, 0.15) is 12.4 Å². The summed E-state index contributed by atoms with van der Waals surface area (Å²) in [5.41, 5.74) is 8.08. The number of rotatable bonds is 16. The highest BCUT2D eigenvalue weighted by Crippen LogP contribution is 2.51. The van der Waals surface area contributed by atoms with Crippen LogP contribution in [0.25, 0.3) is 0 Å². The summed E-state index contributed by atoms with van der Waals surface area (Å²) in [6.07, 6.45) is -0.634. The number of carbonyl (C=O) groups excluding carboxylic acids is 1. The maximum Gasteiger partial charge on any atom is 0.311 e. The topological polar surface area (TPSA) is 173 Å². The fourth-order valence-corrected chi connectivity index (χ4v) is 9.48. The van der Waals surface area contributed by atoms with Crippen LogP contribution in [0.5, 0.6) is 0 Å². The minimum atomic E-state index is -4.46. The Hall–Kier alpha value is -3.34. The summed E-state index contributed by atoms with van der Waals surface area (Å²) in [6.45, 7) is 3.25. The third-order valence-electron chi connectivity index (χ3n) is 7.00. The molecular weight excluding hydrogens is 591 g/mol. The quantitative estimate of drug-likeness (QED) is 0.134. The van der Waals surface area contributed by atoms with Crippen LogP contribution >= 0.6 is 7.37 Å². The average Bonchev–Trinajstić information content (AvgIpc) is 2.98. The van der Waals surface area contributed by atoms with Crippen LogP contribution in [0, 0.1) is 11.8 Å². The first kappa shape index (κ1) is 34.2. The second kappa shape index (κ2) is 15.4. The van der Waals surface area contributed by atoms with Crippen molar-refractivity contribution in [3.63, 3.8) is 0 Å². The predicted molar refractivity (Wildman–Crippen MR) is 165 cm³/mol. The first-order valence-electron chi connectivity index (χ1n) is 13.9. The molecule has 10 nitrogen and oxygen atoms in total. The summed E-state index contributed by atoms with van der Waals surface area (Å²) in [7, 11) is -8.79. The van der Waals surface area contributed by atoms with E-state index in [0.29, 0.717) is 11.1 Å². The van der Waals surface area contributed by atoms with Crippen LogP contribution in [0.15, 0.2) is 84.9 Å². The van der Waals surface area contributed by atoms with Gasteiger partial charge in [0.05, 0.1) is 17.6 Å². The molecule has 0 saturated heterocycles. The summed E-state index contributed by atoms with van der Waals surface area (Å²) in [4.78, 5) is 36.5. The highest BCUT2D eigenvalue weighted by atomic mass is 32.2. The zero-order valence-corrected chi connectivity index (χ0v) is 25.9. The highest BCUT2D eigenvalue weighted by Gasteiger charge is 2.41. The van der Waals surface area contributed by atoms with Crippen LogP contribution in [0.2, 0.25) is 0 Å². The number of carbonyl (C=O) groups is 2. The monoisotopic (exact) mass is 630 g/mol. The number of ether oxygens (including phenoxy) is 1. The van der Waals surface area contributed by atoms with Crippen molar-refractivity contribution in [1.82, 2.24) is 4.72 Å². The number of hydrogen-bond acceptors (Lipinski definition) is 7. The molecule has 0 heterocycles. The van der Waals surface area contributed by atoms with E-state index in [-0.39, 0.29) is 19.6 Å². The number of hydrogen-bond donors (Lipinski definition) is 4. The molecule has 0 aliphatic heterocycles. The van der Waals surface area contributed by atoms with Gasteiger partial charge in [0, 0.05) is 12.7 Å². The van der Waals surface area contributed by atoms with Gasteiger partial charge in [0.2, 0.25) is 17.4 Å². The fourth-order valence-electron chi connectivity index (χ4n) is 4.77. The molecular formula is C31H39N2O8PS. The molecule has 4 unspecified atom stereocenters. The lowest BCUT2D eigenvalue weighted by Gasteiger charge is -2.29. The number of sulfonamides is 1. The Morgan fingerprint density at radius 2 is 1.51 bits per heavy atom. The van der Waals surface area contributed by atoms with E-state index in [4.69, 9.17) is 10.5 Å². The number of esters is 1. The van der Waals surface area contributed by atoms with Gasteiger partial charge in [-0.15, -0.1) is 0 Å². The second-order valence-corrected chi connectivity index (χ2v) is 15.1. The maximum atomic E-state index is 13.7. The van der Waals surface area contributed by atoms with Gasteiger partial charge >= 0.3 is 11.9 Å². The summed E-state index contributed by atoms with van der Waals surface area (Å²) < 4.78 is 48.4. The molecule has 12 heteroatoms. The van der Waals surface area contributed by atoms with Gasteiger partial charge in [0.25, 0.3) is 0 Å². The molecule has 0 radical (unpaired) electrons. The molecule has 0 saturated carbocycles. The van der Waals surface area contributed by atoms with E-state index in [2.05, 4.69) is 4.72 Å². The minimum Gasteiger partial charge on any atom is -0.481 e. The normalized spacial score (nSPS) is 15.3. The molecule has 0 fully saturated rings. The zero-order chi connectivity index (χ0) is 31.6. The molecule has 43 heavy (non-hydrogen) atoms. The van der Waals surface area contributed by atoms with Crippen molar-refractivity contribution in [3.8, 4) is 0 Å². The van der Waals surface area contributed by atoms with Crippen LogP contribution in [-0.4, -0.2) is 48.1 Å². The van der Waals surface area contributed by atoms with Crippen molar-refractivity contribution in [1.29, 1.82) is 0 Å². The lowest BCUT2D eigenvalue weighted by atomic mass is 9.99. The van der Waals surface area contributed by atoms with Gasteiger partial charge in [-0.1, -0.05) is 98.8 Å². The Morgan fingerprint density at radius 3 is 2.07 bits per heavy atom. The summed E-state index contributed by atoms with van der Waals surface area (Å²) >= 11 is 0. The molecule has 0 aromatic heterocycles. The van der Waals surface area contributed by atoms with Gasteiger partial charge in [0.15, 0.2) is 0 Å². The van der Waals surface area contributed by atoms with Gasteiger partial charge in [-0.2, -0.15) is 0 Å². The van der Waals surface area contributed by atoms with Crippen molar-refractivity contribution in [2.75, 3.05) is 11.9 Å². The molecule has 5 N–H and O–H groups in total. The molecule has 3 rings (SSSR count). The lowest BCUT2D eigenvalue weighted by Crippen LogP contribution is -2.43. The number of carboxylic acid groups (broad SMARTS) is 1. The Labute approximate surface area is 252 Å². The van der Waals surface area contributed by atoms with Crippen LogP contribution in [-0.2, 0) is 48.5 Å². The van der Waals surface area contributed by atoms with Crippen LogP contribution < -0.4 is 10.5 Å². The van der Waals surface area contributed by atoms with Gasteiger partial charge in [-0.3, -0.25) is 14.2 Å². The first-order valence-corrected chi connectivity index (χ1v) is 17.5. The average molecular weight is 631 g/mol. The van der Waals surface area contributed by atoms with Crippen molar-refractivity contribution >= 4 is 29.3 Å². The largest absolute Gasteiger partial charge is 0.481 e. The van der Waals surface area contributed by atoms with E-state index in [1.165, 1.54) is 6.07 Å². The Balaban J connectivity index is 1.82. The van der Waals surface area contributed by atoms with Crippen LogP contribution in [0.3, 0.4) is 0 Å². The lowest BCUT2D eigenvalue weighted by molar-refractivity contribution is -0.149. The van der Waals surface area contributed by atoms with E-state index in [0.717, 1.165) is 11.1 Å². The standard InChI is InChI=1S/C31H39N2O8PS/c1-22(2)29(42(37,38)20-28(30(34)35)26-15-9-14-25(17-26)18-32)33-43(39,40)21-27(16-23-10-5-3-6-11-23)31(36)41-19-24-12-7-4-8-13-24/h3-15,17,22,27-29,33H,16,18-21,32H2,1-2H3,(H,34,35)(H,37,38). The molecule has 0 aliphatic carbocycles. The van der Waals surface area contributed by atoms with E-state index < -0.39 is 64.8 Å². The van der Waals surface area contributed by atoms with Crippen molar-refractivity contribution < 1.29 is 37.3 Å². The Bertz CT molecular complexity index is 1520. The number of carboxylic acids is 1. The SMILES string of the molecule is CC(C)C(NS(=O)(=O)CC(Cc1ccccc1)C(=O)OCc1ccccc1)P(=O)(O)CC(C(=O)O)c1cccc(CN)c1. The zero-order valence-electron chi connectivity index (χ0n) is 24.2. The maximum absolute atomic E-state index is 13.7. The van der Waals surface area contributed by atoms with Crippen molar-refractivity contribution in [2.24, 2.45) is 17.6 Å². The summed E-state index contributed by atoms with van der Waals surface area (Å²) in [6, 6.07) is 24.3. The molecule has 4 atom stereocenters. The van der Waals surface area contributed by atoms with Gasteiger partial charge in [-0.05, 0) is 34.6 Å². The van der Waals surface area contributed by atoms with E-state index >= 15 is 0 Å². The third-order valence-corrected chi connectivity index (χ3v) is 11.1. The van der Waals surface area contributed by atoms with Gasteiger partial charge in [-0.25, -0.2) is 13.1 Å². The summed E-state index contributed by atoms with van der Waals surface area (Å²) in [5.74, 6) is -7.38. The van der Waals surface area contributed by atoms with E-state index in [1.807, 2.05) is 6.07 Å². The molecule has 3 aromatic rings. The van der Waals surface area contributed by atoms with Crippen LogP contribution in [0.1, 0.15) is 42.0 Å². The fraction of sp³-hybridized carbons (Fsp3) is 0.355. The number of benzene rings is 3. The summed E-state index contributed by atoms with van der Waals surface area (Å²) in [5, 5.41) is 9.91. The first-order chi connectivity index (χ1) is 20.3.